The molecular weight excluding hydrogens is 322 g/mol. The van der Waals surface area contributed by atoms with Gasteiger partial charge in [0.25, 0.3) is 0 Å². The second-order valence-electron chi connectivity index (χ2n) is 3.94. The first-order valence-corrected chi connectivity index (χ1v) is 11.8. The Hall–Kier alpha value is -0.471. The van der Waals surface area contributed by atoms with Crippen LogP contribution in [-0.2, 0) is 0 Å². The molecule has 80 valence electrons. The molecule has 0 amide bonds. The maximum absolute atomic E-state index is 6.74. The Morgan fingerprint density at radius 2 is 1.12 bits per heavy atom. The van der Waals surface area contributed by atoms with Crippen molar-refractivity contribution >= 4 is 34.7 Å². The monoisotopic (exact) mass is 337 g/mol. The van der Waals surface area contributed by atoms with Gasteiger partial charge in [-0.1, -0.05) is 0 Å². The van der Waals surface area contributed by atoms with Gasteiger partial charge in [0, 0.05) is 0 Å². The van der Waals surface area contributed by atoms with Crippen molar-refractivity contribution in [3.63, 3.8) is 0 Å². The summed E-state index contributed by atoms with van der Waals surface area (Å²) in [7, 11) is 6.74. The second-order valence-corrected chi connectivity index (χ2v) is 11.3. The zero-order valence-electron chi connectivity index (χ0n) is 9.50. The molecule has 0 radical (unpaired) electrons. The van der Waals surface area contributed by atoms with Gasteiger partial charge in [-0.3, -0.25) is 0 Å². The van der Waals surface area contributed by atoms with Crippen molar-refractivity contribution < 1.29 is 0 Å². The fourth-order valence-electron chi connectivity index (χ4n) is 1.78. The number of benzene rings is 2. The minimum absolute atomic E-state index is 1.33. The molecule has 0 saturated heterocycles. The van der Waals surface area contributed by atoms with Crippen LogP contribution in [0.2, 0.25) is 0 Å². The fraction of sp³-hybridized carbons (Fsp3) is 0.143. The van der Waals surface area contributed by atoms with E-state index < -0.39 is 18.6 Å². The van der Waals surface area contributed by atoms with Crippen molar-refractivity contribution in [2.24, 2.45) is 0 Å². The molecule has 0 spiro atoms. The fourth-order valence-corrected chi connectivity index (χ4v) is 9.29. The van der Waals surface area contributed by atoms with Crippen molar-refractivity contribution in [1.82, 2.24) is 0 Å². The molecule has 0 bridgehead atoms. The Morgan fingerprint density at radius 1 is 0.750 bits per heavy atom. The molecule has 0 aliphatic rings. The van der Waals surface area contributed by atoms with Crippen LogP contribution in [0.1, 0.15) is 11.1 Å². The minimum atomic E-state index is -2.14. The summed E-state index contributed by atoms with van der Waals surface area (Å²) in [5, 5.41) is 0. The van der Waals surface area contributed by atoms with Crippen molar-refractivity contribution in [3.8, 4) is 0 Å². The van der Waals surface area contributed by atoms with Crippen LogP contribution in [0, 0.1) is 13.8 Å². The molecule has 0 heterocycles. The molecule has 0 atom stereocenters. The average Bonchev–Trinajstić information content (AvgIpc) is 2.29. The van der Waals surface area contributed by atoms with Gasteiger partial charge in [-0.2, -0.15) is 0 Å². The topological polar surface area (TPSA) is 0 Å². The molecule has 0 saturated carbocycles. The summed E-state index contributed by atoms with van der Waals surface area (Å²) in [4.78, 5) is 0. The average molecular weight is 336 g/mol. The van der Waals surface area contributed by atoms with Crippen molar-refractivity contribution in [2.75, 3.05) is 0 Å². The molecule has 2 rings (SSSR count). The van der Waals surface area contributed by atoms with E-state index >= 15 is 0 Å². The summed E-state index contributed by atoms with van der Waals surface area (Å²) >= 11 is -2.14. The van der Waals surface area contributed by atoms with E-state index in [4.69, 9.17) is 8.92 Å². The van der Waals surface area contributed by atoms with Crippen LogP contribution in [0.4, 0.5) is 0 Å². The Balaban J connectivity index is 2.44. The number of hydrogen-bond acceptors (Lipinski definition) is 0. The molecule has 0 aliphatic carbocycles. The van der Waals surface area contributed by atoms with Gasteiger partial charge < -0.3 is 0 Å². The number of rotatable bonds is 2. The van der Waals surface area contributed by atoms with Crippen LogP contribution in [0.15, 0.2) is 48.5 Å². The molecule has 0 unspecified atom stereocenters. The Bertz CT molecular complexity index is 448. The normalized spacial score (nSPS) is 10.2. The second kappa shape index (κ2) is 5.24. The third-order valence-corrected chi connectivity index (χ3v) is 11.4. The SMILES string of the molecule is Cc1cccc[c]1[Sn+]([Cl])[c]1ccccc1C. The van der Waals surface area contributed by atoms with Crippen LogP contribution in [0.5, 0.6) is 0 Å². The standard InChI is InChI=1S/2C7H7.ClH.Sn/c2*1-7-5-3-2-4-6-7;;/h2*2-5H,1H3;1H;/q;;;+2/p-1. The van der Waals surface area contributed by atoms with Crippen molar-refractivity contribution in [2.45, 2.75) is 13.8 Å². The number of hydrogen-bond donors (Lipinski definition) is 0. The summed E-state index contributed by atoms with van der Waals surface area (Å²) in [6, 6.07) is 17.0. The van der Waals surface area contributed by atoms with Gasteiger partial charge >= 0.3 is 108 Å². The molecular formula is C14H14ClSn+. The molecule has 16 heavy (non-hydrogen) atoms. The quantitative estimate of drug-likeness (QED) is 0.740. The van der Waals surface area contributed by atoms with E-state index in [1.54, 1.807) is 0 Å². The predicted molar refractivity (Wildman–Crippen MR) is 73.2 cm³/mol. The molecule has 0 N–H and O–H groups in total. The van der Waals surface area contributed by atoms with E-state index in [2.05, 4.69) is 62.4 Å². The Morgan fingerprint density at radius 3 is 1.50 bits per heavy atom. The first kappa shape index (κ1) is 12.0. The summed E-state index contributed by atoms with van der Waals surface area (Å²) in [5.41, 5.74) is 2.66. The summed E-state index contributed by atoms with van der Waals surface area (Å²) in [6.45, 7) is 4.30. The van der Waals surface area contributed by atoms with Crippen LogP contribution in [0.25, 0.3) is 0 Å². The van der Waals surface area contributed by atoms with Gasteiger partial charge in [-0.25, -0.2) is 0 Å². The van der Waals surface area contributed by atoms with E-state index in [-0.39, 0.29) is 0 Å². The van der Waals surface area contributed by atoms with Crippen molar-refractivity contribution in [1.29, 1.82) is 0 Å². The summed E-state index contributed by atoms with van der Waals surface area (Å²) in [5.74, 6) is 0. The molecule has 0 aliphatic heterocycles. The molecule has 2 aromatic rings. The summed E-state index contributed by atoms with van der Waals surface area (Å²) < 4.78 is 2.78. The van der Waals surface area contributed by atoms with Crippen LogP contribution >= 0.6 is 8.92 Å². The zero-order chi connectivity index (χ0) is 11.5. The van der Waals surface area contributed by atoms with Gasteiger partial charge in [0.2, 0.25) is 0 Å². The number of halogens is 1. The van der Waals surface area contributed by atoms with Crippen LogP contribution < -0.4 is 7.16 Å². The Kier molecular flexibility index (Phi) is 3.93. The van der Waals surface area contributed by atoms with Gasteiger partial charge in [0.1, 0.15) is 0 Å². The van der Waals surface area contributed by atoms with Crippen LogP contribution in [-0.4, -0.2) is 18.6 Å². The molecule has 2 heteroatoms. The van der Waals surface area contributed by atoms with E-state index in [1.807, 2.05) is 0 Å². The molecule has 0 aromatic heterocycles. The molecule has 0 fully saturated rings. The molecule has 2 aromatic carbocycles. The first-order chi connectivity index (χ1) is 7.70. The third-order valence-electron chi connectivity index (χ3n) is 2.76. The van der Waals surface area contributed by atoms with E-state index in [0.717, 1.165) is 0 Å². The van der Waals surface area contributed by atoms with E-state index in [1.165, 1.54) is 18.3 Å². The third kappa shape index (κ3) is 2.44. The summed E-state index contributed by atoms with van der Waals surface area (Å²) in [6.07, 6.45) is 0. The van der Waals surface area contributed by atoms with Gasteiger partial charge in [-0.05, 0) is 0 Å². The first-order valence-electron chi connectivity index (χ1n) is 5.34. The zero-order valence-corrected chi connectivity index (χ0v) is 13.1. The Labute approximate surface area is 108 Å². The predicted octanol–water partition coefficient (Wildman–Crippen LogP) is 2.65. The van der Waals surface area contributed by atoms with Gasteiger partial charge in [0.05, 0.1) is 0 Å². The van der Waals surface area contributed by atoms with E-state index in [0.29, 0.717) is 0 Å². The van der Waals surface area contributed by atoms with E-state index in [9.17, 15) is 0 Å². The maximum atomic E-state index is 6.74. The number of aryl methyl sites for hydroxylation is 2. The van der Waals surface area contributed by atoms with Gasteiger partial charge in [0.15, 0.2) is 0 Å². The van der Waals surface area contributed by atoms with Gasteiger partial charge in [-0.15, -0.1) is 0 Å². The molecule has 0 nitrogen and oxygen atoms in total. The van der Waals surface area contributed by atoms with Crippen LogP contribution in [0.3, 0.4) is 0 Å². The van der Waals surface area contributed by atoms with Crippen molar-refractivity contribution in [3.05, 3.63) is 59.7 Å².